The minimum atomic E-state index is -0.753. The van der Waals surface area contributed by atoms with Crippen molar-refractivity contribution in [1.82, 2.24) is 26.1 Å². The molecule has 24 heavy (non-hydrogen) atoms. The topological polar surface area (TPSA) is 126 Å². The molecule has 2 aliphatic rings. The molecule has 1 saturated heterocycles. The second-order valence-corrected chi connectivity index (χ2v) is 6.21. The van der Waals surface area contributed by atoms with Crippen molar-refractivity contribution in [2.75, 3.05) is 0 Å². The summed E-state index contributed by atoms with van der Waals surface area (Å²) in [6, 6.07) is -1.41. The van der Waals surface area contributed by atoms with Crippen LogP contribution in [0, 0.1) is 0 Å². The van der Waals surface area contributed by atoms with Crippen molar-refractivity contribution in [3.05, 3.63) is 11.7 Å². The van der Waals surface area contributed by atoms with Crippen LogP contribution >= 0.6 is 0 Å². The molecule has 3 rings (SSSR count). The van der Waals surface area contributed by atoms with Crippen molar-refractivity contribution >= 4 is 17.8 Å². The average Bonchev–Trinajstić information content (AvgIpc) is 2.99. The van der Waals surface area contributed by atoms with Crippen molar-refractivity contribution in [1.29, 1.82) is 0 Å². The Morgan fingerprint density at radius 2 is 2.00 bits per heavy atom. The van der Waals surface area contributed by atoms with Gasteiger partial charge in [-0.05, 0) is 19.3 Å². The minimum Gasteiger partial charge on any atom is -0.345 e. The van der Waals surface area contributed by atoms with Gasteiger partial charge in [-0.15, -0.1) is 0 Å². The molecular weight excluding hydrogens is 314 g/mol. The molecule has 9 heteroatoms. The lowest BCUT2D eigenvalue weighted by molar-refractivity contribution is -0.123. The number of urea groups is 1. The number of rotatable bonds is 4. The molecule has 1 aromatic rings. The Morgan fingerprint density at radius 3 is 2.79 bits per heavy atom. The third kappa shape index (κ3) is 4.09. The average molecular weight is 335 g/mol. The molecule has 4 amide bonds. The van der Waals surface area contributed by atoms with Crippen LogP contribution in [0.2, 0.25) is 0 Å². The van der Waals surface area contributed by atoms with Gasteiger partial charge < -0.3 is 15.2 Å². The van der Waals surface area contributed by atoms with Crippen LogP contribution in [0.4, 0.5) is 4.79 Å². The summed E-state index contributed by atoms with van der Waals surface area (Å²) in [6.07, 6.45) is 6.12. The van der Waals surface area contributed by atoms with Gasteiger partial charge in [0.25, 0.3) is 0 Å². The van der Waals surface area contributed by atoms with Crippen molar-refractivity contribution < 1.29 is 18.9 Å². The summed E-state index contributed by atoms with van der Waals surface area (Å²) in [4.78, 5) is 39.1. The van der Waals surface area contributed by atoms with Gasteiger partial charge in [-0.3, -0.25) is 14.9 Å². The minimum absolute atomic E-state index is 0.103. The summed E-state index contributed by atoms with van der Waals surface area (Å²) in [5, 5.41) is 11.2. The third-order valence-electron chi connectivity index (χ3n) is 4.40. The molecule has 130 valence electrons. The van der Waals surface area contributed by atoms with Crippen molar-refractivity contribution in [3.63, 3.8) is 0 Å². The Balaban J connectivity index is 1.51. The third-order valence-corrected chi connectivity index (χ3v) is 4.40. The van der Waals surface area contributed by atoms with Gasteiger partial charge in [0.2, 0.25) is 17.7 Å². The standard InChI is InChI=1S/C15H21N5O4/c21-11-7-6-10(17-15(23)18-11)14(22)16-8-12-19-13(20-24-12)9-4-2-1-3-5-9/h9-10H,1-8H2,(H,16,22)(H2,17,18,21,23). The highest BCUT2D eigenvalue weighted by Crippen LogP contribution is 2.30. The Kier molecular flexibility index (Phi) is 5.07. The van der Waals surface area contributed by atoms with Crippen molar-refractivity contribution in [2.24, 2.45) is 0 Å². The molecule has 1 saturated carbocycles. The summed E-state index contributed by atoms with van der Waals surface area (Å²) in [5.41, 5.74) is 0. The van der Waals surface area contributed by atoms with E-state index in [0.29, 0.717) is 17.6 Å². The first-order valence-electron chi connectivity index (χ1n) is 8.32. The van der Waals surface area contributed by atoms with Crippen LogP contribution in [0.15, 0.2) is 4.52 Å². The number of aromatic nitrogens is 2. The van der Waals surface area contributed by atoms with E-state index in [9.17, 15) is 14.4 Å². The van der Waals surface area contributed by atoms with E-state index in [4.69, 9.17) is 4.52 Å². The van der Waals surface area contributed by atoms with Crippen LogP contribution < -0.4 is 16.0 Å². The quantitative estimate of drug-likeness (QED) is 0.744. The first-order valence-corrected chi connectivity index (χ1v) is 8.32. The van der Waals surface area contributed by atoms with E-state index in [1.807, 2.05) is 0 Å². The number of nitrogens with one attached hydrogen (secondary N) is 3. The van der Waals surface area contributed by atoms with Gasteiger partial charge in [0.15, 0.2) is 5.82 Å². The van der Waals surface area contributed by atoms with Gasteiger partial charge in [0.05, 0.1) is 6.54 Å². The van der Waals surface area contributed by atoms with Crippen molar-refractivity contribution in [3.8, 4) is 0 Å². The molecule has 0 radical (unpaired) electrons. The lowest BCUT2D eigenvalue weighted by Crippen LogP contribution is -2.48. The zero-order chi connectivity index (χ0) is 16.9. The van der Waals surface area contributed by atoms with E-state index >= 15 is 0 Å². The highest BCUT2D eigenvalue weighted by Gasteiger charge is 2.26. The summed E-state index contributed by atoms with van der Waals surface area (Å²) in [5.74, 6) is 0.619. The maximum Gasteiger partial charge on any atom is 0.322 e. The van der Waals surface area contributed by atoms with Gasteiger partial charge in [-0.1, -0.05) is 24.4 Å². The molecule has 3 N–H and O–H groups in total. The molecular formula is C15H21N5O4. The molecule has 2 heterocycles. The Labute approximate surface area is 138 Å². The lowest BCUT2D eigenvalue weighted by atomic mass is 9.89. The van der Waals surface area contributed by atoms with Gasteiger partial charge in [-0.2, -0.15) is 4.98 Å². The van der Waals surface area contributed by atoms with Gasteiger partial charge in [0.1, 0.15) is 6.04 Å². The summed E-state index contributed by atoms with van der Waals surface area (Å²) >= 11 is 0. The molecule has 0 spiro atoms. The molecule has 1 unspecified atom stereocenters. The molecule has 1 aromatic heterocycles. The van der Waals surface area contributed by atoms with Gasteiger partial charge in [0, 0.05) is 12.3 Å². The number of hydrogen-bond donors (Lipinski definition) is 3. The normalized spacial score (nSPS) is 22.4. The first kappa shape index (κ1) is 16.4. The second-order valence-electron chi connectivity index (χ2n) is 6.21. The predicted octanol–water partition coefficient (Wildman–Crippen LogP) is 0.722. The Bertz CT molecular complexity index is 623. The maximum atomic E-state index is 12.1. The number of amides is 4. The van der Waals surface area contributed by atoms with Crippen LogP contribution in [-0.4, -0.2) is 34.0 Å². The fourth-order valence-corrected chi connectivity index (χ4v) is 3.08. The van der Waals surface area contributed by atoms with Gasteiger partial charge >= 0.3 is 6.03 Å². The smallest absolute Gasteiger partial charge is 0.322 e. The number of carbonyl (C=O) groups is 3. The zero-order valence-corrected chi connectivity index (χ0v) is 13.3. The van der Waals surface area contributed by atoms with E-state index in [1.54, 1.807) is 0 Å². The fraction of sp³-hybridized carbons (Fsp3) is 0.667. The first-order chi connectivity index (χ1) is 11.6. The van der Waals surface area contributed by atoms with Crippen LogP contribution in [0.5, 0.6) is 0 Å². The molecule has 1 atom stereocenters. The van der Waals surface area contributed by atoms with Crippen LogP contribution in [0.1, 0.15) is 62.6 Å². The molecule has 1 aliphatic carbocycles. The highest BCUT2D eigenvalue weighted by atomic mass is 16.5. The maximum absolute atomic E-state index is 12.1. The highest BCUT2D eigenvalue weighted by molar-refractivity contribution is 5.98. The summed E-state index contributed by atoms with van der Waals surface area (Å²) in [7, 11) is 0. The number of nitrogens with zero attached hydrogens (tertiary/aromatic N) is 2. The van der Waals surface area contributed by atoms with E-state index in [-0.39, 0.29) is 25.3 Å². The van der Waals surface area contributed by atoms with E-state index in [1.165, 1.54) is 19.3 Å². The van der Waals surface area contributed by atoms with E-state index in [0.717, 1.165) is 12.8 Å². The summed E-state index contributed by atoms with van der Waals surface area (Å²) in [6.45, 7) is 0.103. The van der Waals surface area contributed by atoms with Crippen LogP contribution in [0.3, 0.4) is 0 Å². The van der Waals surface area contributed by atoms with E-state index < -0.39 is 18.0 Å². The second kappa shape index (κ2) is 7.41. The van der Waals surface area contributed by atoms with E-state index in [2.05, 4.69) is 26.1 Å². The predicted molar refractivity (Wildman–Crippen MR) is 81.7 cm³/mol. The molecule has 0 bridgehead atoms. The molecule has 9 nitrogen and oxygen atoms in total. The Hall–Kier alpha value is -2.45. The van der Waals surface area contributed by atoms with Crippen LogP contribution in [0.25, 0.3) is 0 Å². The monoisotopic (exact) mass is 335 g/mol. The van der Waals surface area contributed by atoms with Crippen LogP contribution in [-0.2, 0) is 16.1 Å². The van der Waals surface area contributed by atoms with Gasteiger partial charge in [-0.25, -0.2) is 4.79 Å². The largest absolute Gasteiger partial charge is 0.345 e. The van der Waals surface area contributed by atoms with Crippen molar-refractivity contribution in [2.45, 2.75) is 63.5 Å². The number of hydrogen-bond acceptors (Lipinski definition) is 6. The Morgan fingerprint density at radius 1 is 1.21 bits per heavy atom. The zero-order valence-electron chi connectivity index (χ0n) is 13.3. The number of carbonyl (C=O) groups excluding carboxylic acids is 3. The lowest BCUT2D eigenvalue weighted by Gasteiger charge is -2.17. The molecule has 1 aliphatic heterocycles. The fourth-order valence-electron chi connectivity index (χ4n) is 3.08. The summed E-state index contributed by atoms with van der Waals surface area (Å²) < 4.78 is 5.19. The number of imide groups is 1. The molecule has 2 fully saturated rings. The SMILES string of the molecule is O=C1CCC(C(=O)NCc2nc(C3CCCCC3)no2)NC(=O)N1. The molecule has 0 aromatic carbocycles.